The van der Waals surface area contributed by atoms with Gasteiger partial charge in [-0.2, -0.15) is 0 Å². The van der Waals surface area contributed by atoms with Gasteiger partial charge >= 0.3 is 0 Å². The van der Waals surface area contributed by atoms with Gasteiger partial charge in [-0.3, -0.25) is 4.18 Å². The summed E-state index contributed by atoms with van der Waals surface area (Å²) in [7, 11) is 0. The monoisotopic (exact) mass is 216 g/mol. The molecule has 0 amide bonds. The van der Waals surface area contributed by atoms with Crippen LogP contribution in [0.4, 0.5) is 4.39 Å². The van der Waals surface area contributed by atoms with Gasteiger partial charge in [-0.15, -0.1) is 0 Å². The first-order valence-corrected chi connectivity index (χ1v) is 5.55. The molecule has 1 rings (SSSR count). The Morgan fingerprint density at radius 1 is 1.43 bits per heavy atom. The molecule has 0 radical (unpaired) electrons. The second-order valence-electron chi connectivity index (χ2n) is 2.83. The fraction of sp³-hybridized carbons (Fsp3) is 0.400. The molecule has 0 saturated carbocycles. The maximum absolute atomic E-state index is 12.3. The lowest BCUT2D eigenvalue weighted by Gasteiger charge is -2.10. The maximum Gasteiger partial charge on any atom is 0.189 e. The van der Waals surface area contributed by atoms with E-state index in [0.717, 1.165) is 0 Å². The standard InChI is InChI=1S/C10H13FO2S/c1-2-9(8-11)13-14(12)10-6-4-3-5-7-10/h3-7,9H,2,8H2,1H3. The highest BCUT2D eigenvalue weighted by molar-refractivity contribution is 7.80. The second-order valence-corrected chi connectivity index (χ2v) is 3.96. The lowest BCUT2D eigenvalue weighted by Crippen LogP contribution is -2.15. The Morgan fingerprint density at radius 3 is 2.57 bits per heavy atom. The third-order valence-electron chi connectivity index (χ3n) is 1.79. The number of rotatable bonds is 5. The van der Waals surface area contributed by atoms with E-state index < -0.39 is 23.9 Å². The van der Waals surface area contributed by atoms with Gasteiger partial charge in [0.2, 0.25) is 0 Å². The molecule has 0 N–H and O–H groups in total. The molecule has 0 heterocycles. The molecule has 2 unspecified atom stereocenters. The number of alkyl halides is 1. The summed E-state index contributed by atoms with van der Waals surface area (Å²) in [6, 6.07) is 8.76. The fourth-order valence-corrected chi connectivity index (χ4v) is 1.84. The quantitative estimate of drug-likeness (QED) is 0.755. The van der Waals surface area contributed by atoms with Crippen LogP contribution in [0.2, 0.25) is 0 Å². The van der Waals surface area contributed by atoms with E-state index in [1.54, 1.807) is 31.2 Å². The Hall–Kier alpha value is -0.740. The third-order valence-corrected chi connectivity index (χ3v) is 2.89. The Kier molecular flexibility index (Phi) is 4.76. The van der Waals surface area contributed by atoms with Crippen LogP contribution in [-0.2, 0) is 15.3 Å². The van der Waals surface area contributed by atoms with Gasteiger partial charge < -0.3 is 0 Å². The van der Waals surface area contributed by atoms with Crippen LogP contribution >= 0.6 is 0 Å². The van der Waals surface area contributed by atoms with Gasteiger partial charge in [-0.1, -0.05) is 25.1 Å². The van der Waals surface area contributed by atoms with Crippen molar-refractivity contribution in [3.05, 3.63) is 30.3 Å². The zero-order chi connectivity index (χ0) is 10.4. The molecule has 2 atom stereocenters. The lowest BCUT2D eigenvalue weighted by atomic mass is 10.3. The Morgan fingerprint density at radius 2 is 2.07 bits per heavy atom. The molecule has 1 aromatic carbocycles. The zero-order valence-corrected chi connectivity index (χ0v) is 8.80. The van der Waals surface area contributed by atoms with Crippen molar-refractivity contribution in [3.63, 3.8) is 0 Å². The minimum Gasteiger partial charge on any atom is -0.281 e. The Bertz CT molecular complexity index is 285. The fourth-order valence-electron chi connectivity index (χ4n) is 0.914. The van der Waals surface area contributed by atoms with Crippen LogP contribution in [0.25, 0.3) is 0 Å². The van der Waals surface area contributed by atoms with E-state index in [2.05, 4.69) is 0 Å². The Balaban J connectivity index is 2.59. The third kappa shape index (κ3) is 3.20. The summed E-state index contributed by atoms with van der Waals surface area (Å²) >= 11 is -1.55. The average Bonchev–Trinajstić information content (AvgIpc) is 2.26. The van der Waals surface area contributed by atoms with Crippen LogP contribution < -0.4 is 0 Å². The summed E-state index contributed by atoms with van der Waals surface area (Å²) in [5.74, 6) is 0. The topological polar surface area (TPSA) is 26.3 Å². The van der Waals surface area contributed by atoms with Crippen molar-refractivity contribution in [2.24, 2.45) is 0 Å². The molecule has 0 aromatic heterocycles. The molecule has 4 heteroatoms. The van der Waals surface area contributed by atoms with E-state index in [0.29, 0.717) is 11.3 Å². The van der Waals surface area contributed by atoms with Gasteiger partial charge in [0.25, 0.3) is 0 Å². The highest BCUT2D eigenvalue weighted by atomic mass is 32.2. The lowest BCUT2D eigenvalue weighted by molar-refractivity contribution is 0.179. The van der Waals surface area contributed by atoms with Crippen molar-refractivity contribution >= 4 is 11.1 Å². The van der Waals surface area contributed by atoms with Crippen molar-refractivity contribution in [3.8, 4) is 0 Å². The molecular weight excluding hydrogens is 203 g/mol. The molecule has 0 spiro atoms. The summed E-state index contributed by atoms with van der Waals surface area (Å²) in [5, 5.41) is 0. The van der Waals surface area contributed by atoms with Gasteiger partial charge in [-0.25, -0.2) is 8.60 Å². The van der Waals surface area contributed by atoms with Crippen molar-refractivity contribution in [1.29, 1.82) is 0 Å². The summed E-state index contributed by atoms with van der Waals surface area (Å²) in [5.41, 5.74) is 0. The summed E-state index contributed by atoms with van der Waals surface area (Å²) in [4.78, 5) is 0.569. The van der Waals surface area contributed by atoms with Crippen LogP contribution in [0.15, 0.2) is 35.2 Å². The van der Waals surface area contributed by atoms with Crippen molar-refractivity contribution in [1.82, 2.24) is 0 Å². The number of hydrogen-bond acceptors (Lipinski definition) is 2. The van der Waals surface area contributed by atoms with Crippen molar-refractivity contribution in [2.45, 2.75) is 24.3 Å². The number of benzene rings is 1. The SMILES string of the molecule is CCC(CF)OS(=O)c1ccccc1. The largest absolute Gasteiger partial charge is 0.281 e. The molecule has 0 bridgehead atoms. The van der Waals surface area contributed by atoms with E-state index in [1.165, 1.54) is 0 Å². The molecule has 0 aliphatic rings. The van der Waals surface area contributed by atoms with Crippen molar-refractivity contribution in [2.75, 3.05) is 6.67 Å². The predicted molar refractivity (Wildman–Crippen MR) is 54.0 cm³/mol. The van der Waals surface area contributed by atoms with Gasteiger partial charge in [0.1, 0.15) is 12.8 Å². The molecule has 0 aliphatic heterocycles. The smallest absolute Gasteiger partial charge is 0.189 e. The Labute approximate surface area is 85.8 Å². The van der Waals surface area contributed by atoms with Crippen molar-refractivity contribution < 1.29 is 12.8 Å². The van der Waals surface area contributed by atoms with Gasteiger partial charge in [0, 0.05) is 0 Å². The summed E-state index contributed by atoms with van der Waals surface area (Å²) in [6.45, 7) is 1.20. The highest BCUT2D eigenvalue weighted by Crippen LogP contribution is 2.10. The molecule has 0 saturated heterocycles. The van der Waals surface area contributed by atoms with Crippen LogP contribution in [0.1, 0.15) is 13.3 Å². The first-order valence-electron chi connectivity index (χ1n) is 4.47. The molecule has 14 heavy (non-hydrogen) atoms. The van der Waals surface area contributed by atoms with E-state index in [4.69, 9.17) is 4.18 Å². The summed E-state index contributed by atoms with van der Waals surface area (Å²) < 4.78 is 28.8. The van der Waals surface area contributed by atoms with Crippen LogP contribution in [0.5, 0.6) is 0 Å². The molecule has 2 nitrogen and oxygen atoms in total. The molecule has 0 fully saturated rings. The normalized spacial score (nSPS) is 15.0. The van der Waals surface area contributed by atoms with E-state index in [1.807, 2.05) is 6.07 Å². The van der Waals surface area contributed by atoms with Crippen LogP contribution in [0.3, 0.4) is 0 Å². The first-order chi connectivity index (χ1) is 6.77. The zero-order valence-electron chi connectivity index (χ0n) is 7.98. The van der Waals surface area contributed by atoms with E-state index in [9.17, 15) is 8.60 Å². The molecule has 1 aromatic rings. The maximum atomic E-state index is 12.3. The number of hydrogen-bond donors (Lipinski definition) is 0. The second kappa shape index (κ2) is 5.88. The average molecular weight is 216 g/mol. The molecular formula is C10H13FO2S. The van der Waals surface area contributed by atoms with E-state index in [-0.39, 0.29) is 0 Å². The summed E-state index contributed by atoms with van der Waals surface area (Å²) in [6.07, 6.45) is -0.0502. The van der Waals surface area contributed by atoms with Gasteiger partial charge in [0.15, 0.2) is 11.1 Å². The van der Waals surface area contributed by atoms with E-state index >= 15 is 0 Å². The van der Waals surface area contributed by atoms with Crippen LogP contribution in [0, 0.1) is 0 Å². The molecule has 78 valence electrons. The minimum absolute atomic E-state index is 0.523. The van der Waals surface area contributed by atoms with Crippen LogP contribution in [-0.4, -0.2) is 17.0 Å². The van der Waals surface area contributed by atoms with Gasteiger partial charge in [-0.05, 0) is 18.6 Å². The number of halogens is 1. The van der Waals surface area contributed by atoms with Gasteiger partial charge in [0.05, 0.1) is 4.90 Å². The predicted octanol–water partition coefficient (Wildman–Crippen LogP) is 2.47. The first kappa shape index (κ1) is 11.3. The molecule has 0 aliphatic carbocycles. The highest BCUT2D eigenvalue weighted by Gasteiger charge is 2.12. The minimum atomic E-state index is -1.55.